The van der Waals surface area contributed by atoms with E-state index in [4.69, 9.17) is 4.74 Å². The number of nitro groups is 1. The lowest BCUT2D eigenvalue weighted by Gasteiger charge is -2.13. The van der Waals surface area contributed by atoms with Crippen molar-refractivity contribution >= 4 is 17.6 Å². The molecule has 0 spiro atoms. The molecule has 0 amide bonds. The van der Waals surface area contributed by atoms with Crippen LogP contribution in [0.5, 0.6) is 0 Å². The summed E-state index contributed by atoms with van der Waals surface area (Å²) in [7, 11) is 2.55. The van der Waals surface area contributed by atoms with E-state index in [1.54, 1.807) is 0 Å². The molecule has 0 N–H and O–H groups in total. The van der Waals surface area contributed by atoms with Gasteiger partial charge in [0, 0.05) is 11.6 Å². The number of hydrogen-bond donors (Lipinski definition) is 0. The fourth-order valence-corrected chi connectivity index (χ4v) is 2.41. The Morgan fingerprint density at radius 3 is 2.43 bits per heavy atom. The zero-order chi connectivity index (χ0) is 17.4. The summed E-state index contributed by atoms with van der Waals surface area (Å²) in [6.45, 7) is 1.96. The van der Waals surface area contributed by atoms with E-state index in [1.807, 2.05) is 6.92 Å². The van der Waals surface area contributed by atoms with Crippen molar-refractivity contribution in [1.82, 2.24) is 0 Å². The van der Waals surface area contributed by atoms with Crippen molar-refractivity contribution in [2.24, 2.45) is 5.92 Å². The summed E-state index contributed by atoms with van der Waals surface area (Å²) in [5.74, 6) is -1.22. The lowest BCUT2D eigenvalue weighted by Crippen LogP contribution is -2.17. The van der Waals surface area contributed by atoms with Gasteiger partial charge in [0.1, 0.15) is 0 Å². The largest absolute Gasteiger partial charge is 0.469 e. The van der Waals surface area contributed by atoms with Gasteiger partial charge in [-0.1, -0.05) is 19.4 Å². The first-order valence-corrected chi connectivity index (χ1v) is 7.38. The molecular weight excluding hydrogens is 302 g/mol. The molecule has 1 aromatic carbocycles. The highest BCUT2D eigenvalue weighted by atomic mass is 16.6. The van der Waals surface area contributed by atoms with Gasteiger partial charge in [-0.3, -0.25) is 14.9 Å². The molecule has 1 unspecified atom stereocenters. The molecule has 0 bridgehead atoms. The second kappa shape index (κ2) is 8.87. The molecule has 0 aliphatic heterocycles. The average molecular weight is 323 g/mol. The Kier molecular flexibility index (Phi) is 7.18. The van der Waals surface area contributed by atoms with Crippen LogP contribution in [0.3, 0.4) is 0 Å². The SMILES string of the molecule is CCCC(CCc1ccc(C(=O)OC)cc1[N+](=O)[O-])C(=O)OC. The molecule has 0 saturated carbocycles. The first kappa shape index (κ1) is 18.6. The first-order valence-electron chi connectivity index (χ1n) is 7.38. The zero-order valence-electron chi connectivity index (χ0n) is 13.5. The van der Waals surface area contributed by atoms with Gasteiger partial charge in [-0.05, 0) is 25.3 Å². The first-order chi connectivity index (χ1) is 10.9. The van der Waals surface area contributed by atoms with Crippen molar-refractivity contribution in [2.45, 2.75) is 32.6 Å². The number of carbonyl (C=O) groups excluding carboxylic acids is 2. The van der Waals surface area contributed by atoms with Gasteiger partial charge in [0.25, 0.3) is 5.69 Å². The molecule has 7 heteroatoms. The smallest absolute Gasteiger partial charge is 0.338 e. The summed E-state index contributed by atoms with van der Waals surface area (Å²) in [4.78, 5) is 33.9. The molecule has 0 aromatic heterocycles. The minimum Gasteiger partial charge on any atom is -0.469 e. The summed E-state index contributed by atoms with van der Waals surface area (Å²) in [5.41, 5.74) is 0.460. The molecular formula is C16H21NO6. The van der Waals surface area contributed by atoms with Crippen LogP contribution < -0.4 is 0 Å². The summed E-state index contributed by atoms with van der Waals surface area (Å²) >= 11 is 0. The number of hydrogen-bond acceptors (Lipinski definition) is 6. The zero-order valence-corrected chi connectivity index (χ0v) is 13.5. The topological polar surface area (TPSA) is 95.7 Å². The third-order valence-corrected chi connectivity index (χ3v) is 3.64. The Balaban J connectivity index is 2.96. The summed E-state index contributed by atoms with van der Waals surface area (Å²) in [6.07, 6.45) is 2.31. The summed E-state index contributed by atoms with van der Waals surface area (Å²) < 4.78 is 9.33. The summed E-state index contributed by atoms with van der Waals surface area (Å²) in [6, 6.07) is 4.22. The van der Waals surface area contributed by atoms with Crippen molar-refractivity contribution in [3.63, 3.8) is 0 Å². The molecule has 1 aromatic rings. The monoisotopic (exact) mass is 323 g/mol. The van der Waals surface area contributed by atoms with Gasteiger partial charge < -0.3 is 9.47 Å². The lowest BCUT2D eigenvalue weighted by molar-refractivity contribution is -0.385. The average Bonchev–Trinajstić information content (AvgIpc) is 2.56. The van der Waals surface area contributed by atoms with Gasteiger partial charge in [0.2, 0.25) is 0 Å². The molecule has 0 saturated heterocycles. The van der Waals surface area contributed by atoms with Crippen molar-refractivity contribution in [1.29, 1.82) is 0 Å². The maximum atomic E-state index is 11.7. The maximum absolute atomic E-state index is 11.7. The molecule has 1 atom stereocenters. The summed E-state index contributed by atoms with van der Waals surface area (Å²) in [5, 5.41) is 11.2. The maximum Gasteiger partial charge on any atom is 0.338 e. The van der Waals surface area contributed by atoms with E-state index in [9.17, 15) is 19.7 Å². The second-order valence-electron chi connectivity index (χ2n) is 5.14. The van der Waals surface area contributed by atoms with Gasteiger partial charge in [-0.15, -0.1) is 0 Å². The van der Waals surface area contributed by atoms with Gasteiger partial charge in [0.05, 0.1) is 30.6 Å². The number of benzene rings is 1. The van der Waals surface area contributed by atoms with E-state index in [-0.39, 0.29) is 23.1 Å². The molecule has 1 rings (SSSR count). The molecule has 126 valence electrons. The number of rotatable bonds is 8. The van der Waals surface area contributed by atoms with E-state index < -0.39 is 10.9 Å². The van der Waals surface area contributed by atoms with Gasteiger partial charge in [-0.2, -0.15) is 0 Å². The van der Waals surface area contributed by atoms with Crippen molar-refractivity contribution in [3.8, 4) is 0 Å². The highest BCUT2D eigenvalue weighted by molar-refractivity contribution is 5.90. The van der Waals surface area contributed by atoms with Crippen LogP contribution in [0.1, 0.15) is 42.1 Å². The molecule has 0 radical (unpaired) electrons. The van der Waals surface area contributed by atoms with E-state index >= 15 is 0 Å². The van der Waals surface area contributed by atoms with Gasteiger partial charge in [0.15, 0.2) is 0 Å². The number of aryl methyl sites for hydroxylation is 1. The van der Waals surface area contributed by atoms with Crippen LogP contribution >= 0.6 is 0 Å². The Morgan fingerprint density at radius 2 is 1.91 bits per heavy atom. The van der Waals surface area contributed by atoms with Crippen LogP contribution in [-0.4, -0.2) is 31.1 Å². The van der Waals surface area contributed by atoms with Crippen molar-refractivity contribution < 1.29 is 24.0 Å². The number of nitrogens with zero attached hydrogens (tertiary/aromatic N) is 1. The minimum atomic E-state index is -0.627. The van der Waals surface area contributed by atoms with E-state index in [1.165, 1.54) is 32.4 Å². The third-order valence-electron chi connectivity index (χ3n) is 3.64. The Morgan fingerprint density at radius 1 is 1.22 bits per heavy atom. The van der Waals surface area contributed by atoms with Gasteiger partial charge >= 0.3 is 11.9 Å². The molecule has 0 aliphatic carbocycles. The predicted octanol–water partition coefficient (Wildman–Crippen LogP) is 2.90. The molecule has 0 heterocycles. The van der Waals surface area contributed by atoms with E-state index in [0.717, 1.165) is 6.42 Å². The number of nitro benzene ring substituents is 1. The van der Waals surface area contributed by atoms with Crippen LogP contribution in [0, 0.1) is 16.0 Å². The van der Waals surface area contributed by atoms with Gasteiger partial charge in [-0.25, -0.2) is 4.79 Å². The van der Waals surface area contributed by atoms with Crippen LogP contribution in [-0.2, 0) is 20.7 Å². The molecule has 23 heavy (non-hydrogen) atoms. The molecule has 0 aliphatic rings. The van der Waals surface area contributed by atoms with E-state index in [0.29, 0.717) is 24.8 Å². The normalized spacial score (nSPS) is 11.6. The van der Waals surface area contributed by atoms with Crippen LogP contribution in [0.4, 0.5) is 5.69 Å². The minimum absolute atomic E-state index is 0.126. The predicted molar refractivity (Wildman–Crippen MR) is 83.2 cm³/mol. The highest BCUT2D eigenvalue weighted by Crippen LogP contribution is 2.25. The fraction of sp³-hybridized carbons (Fsp3) is 0.500. The number of carbonyl (C=O) groups is 2. The molecule has 0 fully saturated rings. The quantitative estimate of drug-likeness (QED) is 0.414. The number of esters is 2. The standard InChI is InChI=1S/C16H21NO6/c1-4-5-12(15(18)22-2)8-6-11-7-9-13(16(19)23-3)10-14(11)17(20)21/h7,9-10,12H,4-6,8H2,1-3H3. The van der Waals surface area contributed by atoms with Crippen molar-refractivity contribution in [2.75, 3.05) is 14.2 Å². The lowest BCUT2D eigenvalue weighted by atomic mass is 9.94. The second-order valence-corrected chi connectivity index (χ2v) is 5.14. The van der Waals surface area contributed by atoms with Crippen molar-refractivity contribution in [3.05, 3.63) is 39.4 Å². The highest BCUT2D eigenvalue weighted by Gasteiger charge is 2.22. The van der Waals surface area contributed by atoms with Crippen LogP contribution in [0.25, 0.3) is 0 Å². The Labute approximate surface area is 134 Å². The fourth-order valence-electron chi connectivity index (χ4n) is 2.41. The number of ether oxygens (including phenoxy) is 2. The van der Waals surface area contributed by atoms with Crippen LogP contribution in [0.15, 0.2) is 18.2 Å². The van der Waals surface area contributed by atoms with Crippen LogP contribution in [0.2, 0.25) is 0 Å². The molecule has 7 nitrogen and oxygen atoms in total. The van der Waals surface area contributed by atoms with E-state index in [2.05, 4.69) is 4.74 Å². The Hall–Kier alpha value is -2.44. The Bertz CT molecular complexity index is 584. The number of methoxy groups -OCH3 is 2. The third kappa shape index (κ3) is 5.05.